The van der Waals surface area contributed by atoms with Gasteiger partial charge in [-0.1, -0.05) is 48.5 Å². The van der Waals surface area contributed by atoms with Crippen molar-refractivity contribution in [2.24, 2.45) is 0 Å². The first-order valence-corrected chi connectivity index (χ1v) is 11.5. The van der Waals surface area contributed by atoms with Gasteiger partial charge in [0.25, 0.3) is 0 Å². The van der Waals surface area contributed by atoms with Gasteiger partial charge in [-0.25, -0.2) is 20.8 Å². The fraction of sp³-hybridized carbons (Fsp3) is 0.158. The maximum Gasteiger partial charge on any atom is 0.236 e. The van der Waals surface area contributed by atoms with Crippen LogP contribution < -0.4 is 0 Å². The molecule has 0 saturated carbocycles. The van der Waals surface area contributed by atoms with E-state index in [9.17, 15) is 16.8 Å². The molecule has 0 saturated heterocycles. The molecule has 5 nitrogen and oxygen atoms in total. The molecule has 1 aromatic heterocycles. The molecule has 26 heavy (non-hydrogen) atoms. The number of hydrogen-bond acceptors (Lipinski definition) is 4. The van der Waals surface area contributed by atoms with Crippen LogP contribution in [0, 0.1) is 6.92 Å². The molecule has 0 atom stereocenters. The monoisotopic (exact) mass is 389 g/mol. The van der Waals surface area contributed by atoms with Crippen LogP contribution in [0.25, 0.3) is 11.1 Å². The van der Waals surface area contributed by atoms with E-state index in [1.54, 1.807) is 31.2 Å². The lowest BCUT2D eigenvalue weighted by Crippen LogP contribution is -2.17. The topological polar surface area (TPSA) is 73.2 Å². The van der Waals surface area contributed by atoms with Crippen molar-refractivity contribution in [2.45, 2.75) is 17.6 Å². The van der Waals surface area contributed by atoms with Crippen molar-refractivity contribution in [3.63, 3.8) is 0 Å². The van der Waals surface area contributed by atoms with Gasteiger partial charge in [-0.2, -0.15) is 0 Å². The minimum atomic E-state index is -3.67. The fourth-order valence-corrected chi connectivity index (χ4v) is 5.59. The maximum atomic E-state index is 12.7. The predicted molar refractivity (Wildman–Crippen MR) is 102 cm³/mol. The summed E-state index contributed by atoms with van der Waals surface area (Å²) < 4.78 is 51.2. The highest BCUT2D eigenvalue weighted by Gasteiger charge is 2.24. The lowest BCUT2D eigenvalue weighted by atomic mass is 10.1. The Hall–Kier alpha value is -2.38. The van der Waals surface area contributed by atoms with Gasteiger partial charge in [0.1, 0.15) is 0 Å². The van der Waals surface area contributed by atoms with Gasteiger partial charge in [-0.05, 0) is 30.7 Å². The summed E-state index contributed by atoms with van der Waals surface area (Å²) in [7, 11) is -7.32. The van der Waals surface area contributed by atoms with Crippen LogP contribution in [-0.2, 0) is 25.6 Å². The number of benzene rings is 2. The first-order chi connectivity index (χ1) is 12.2. The fourth-order valence-electron chi connectivity index (χ4n) is 3.03. The second-order valence-electron chi connectivity index (χ2n) is 6.10. The Morgan fingerprint density at radius 3 is 1.92 bits per heavy atom. The zero-order valence-corrected chi connectivity index (χ0v) is 16.1. The van der Waals surface area contributed by atoms with Gasteiger partial charge in [0.05, 0.1) is 22.6 Å². The molecule has 0 aliphatic rings. The molecule has 0 fully saturated rings. The lowest BCUT2D eigenvalue weighted by Gasteiger charge is -2.10. The average molecular weight is 389 g/mol. The first-order valence-electron chi connectivity index (χ1n) is 7.95. The van der Waals surface area contributed by atoms with Gasteiger partial charge in [0, 0.05) is 11.3 Å². The number of hydrogen-bond donors (Lipinski definition) is 0. The van der Waals surface area contributed by atoms with Gasteiger partial charge in [0.2, 0.25) is 10.0 Å². The van der Waals surface area contributed by atoms with Crippen LogP contribution in [0.15, 0.2) is 71.6 Å². The normalized spacial score (nSPS) is 12.2. The summed E-state index contributed by atoms with van der Waals surface area (Å²) in [5.74, 6) is -0.391. The van der Waals surface area contributed by atoms with E-state index < -0.39 is 25.6 Å². The van der Waals surface area contributed by atoms with E-state index in [-0.39, 0.29) is 10.6 Å². The van der Waals surface area contributed by atoms with Crippen molar-refractivity contribution >= 4 is 19.9 Å². The third-order valence-electron chi connectivity index (χ3n) is 4.12. The Bertz CT molecular complexity index is 1130. The minimum absolute atomic E-state index is 0.167. The van der Waals surface area contributed by atoms with Gasteiger partial charge < -0.3 is 0 Å². The van der Waals surface area contributed by atoms with Crippen LogP contribution >= 0.6 is 0 Å². The molecule has 3 aromatic rings. The number of nitrogens with zero attached hydrogens (tertiary/aromatic N) is 1. The molecule has 0 spiro atoms. The van der Waals surface area contributed by atoms with Crippen molar-refractivity contribution in [3.05, 3.63) is 78.1 Å². The van der Waals surface area contributed by atoms with Crippen molar-refractivity contribution in [1.29, 1.82) is 0 Å². The van der Waals surface area contributed by atoms with Crippen molar-refractivity contribution < 1.29 is 16.8 Å². The summed E-state index contributed by atoms with van der Waals surface area (Å²) in [5, 5.41) is 0. The van der Waals surface area contributed by atoms with Gasteiger partial charge in [-0.3, -0.25) is 0 Å². The summed E-state index contributed by atoms with van der Waals surface area (Å²) >= 11 is 0. The molecule has 136 valence electrons. The lowest BCUT2D eigenvalue weighted by molar-refractivity contribution is 0.588. The third-order valence-corrected chi connectivity index (χ3v) is 6.96. The van der Waals surface area contributed by atoms with E-state index in [1.165, 1.54) is 12.1 Å². The summed E-state index contributed by atoms with van der Waals surface area (Å²) in [6.45, 7) is 1.68. The highest BCUT2D eigenvalue weighted by atomic mass is 32.2. The van der Waals surface area contributed by atoms with Crippen LogP contribution in [0.4, 0.5) is 0 Å². The standard InChI is InChI=1S/C19H19NO4S2/c1-15-19(16-9-5-3-6-10-16)13-17(20(15)25(2,21)22)14-26(23,24)18-11-7-4-8-12-18/h3-13H,14H2,1-2H3. The van der Waals surface area contributed by atoms with E-state index in [0.717, 1.165) is 15.8 Å². The van der Waals surface area contributed by atoms with E-state index in [4.69, 9.17) is 0 Å². The molecule has 3 rings (SSSR count). The van der Waals surface area contributed by atoms with Crippen LogP contribution in [-0.4, -0.2) is 27.1 Å². The molecule has 0 aliphatic carbocycles. The summed E-state index contributed by atoms with van der Waals surface area (Å²) in [4.78, 5) is 0.167. The molecule has 0 N–H and O–H groups in total. The van der Waals surface area contributed by atoms with E-state index >= 15 is 0 Å². The van der Waals surface area contributed by atoms with Gasteiger partial charge >= 0.3 is 0 Å². The molecule has 0 amide bonds. The molecule has 0 unspecified atom stereocenters. The van der Waals surface area contributed by atoms with Crippen molar-refractivity contribution in [1.82, 2.24) is 3.97 Å². The summed E-state index contributed by atoms with van der Waals surface area (Å²) in [6.07, 6.45) is 1.08. The van der Waals surface area contributed by atoms with Gasteiger partial charge in [-0.15, -0.1) is 0 Å². The Labute approximate surface area is 153 Å². The van der Waals surface area contributed by atoms with Crippen LogP contribution in [0.1, 0.15) is 11.4 Å². The van der Waals surface area contributed by atoms with E-state index in [1.807, 2.05) is 30.3 Å². The Morgan fingerprint density at radius 2 is 1.38 bits per heavy atom. The predicted octanol–water partition coefficient (Wildman–Crippen LogP) is 3.25. The molecule has 0 aliphatic heterocycles. The first kappa shape index (κ1) is 18.4. The van der Waals surface area contributed by atoms with E-state index in [0.29, 0.717) is 11.3 Å². The zero-order valence-electron chi connectivity index (χ0n) is 14.5. The Kier molecular flexibility index (Phi) is 4.77. The summed E-state index contributed by atoms with van der Waals surface area (Å²) in [5.41, 5.74) is 2.27. The zero-order chi connectivity index (χ0) is 18.9. The second-order valence-corrected chi connectivity index (χ2v) is 9.92. The Balaban J connectivity index is 2.16. The van der Waals surface area contributed by atoms with Crippen LogP contribution in [0.5, 0.6) is 0 Å². The van der Waals surface area contributed by atoms with Crippen molar-refractivity contribution in [3.8, 4) is 11.1 Å². The van der Waals surface area contributed by atoms with E-state index in [2.05, 4.69) is 0 Å². The molecular weight excluding hydrogens is 370 g/mol. The Morgan fingerprint density at radius 1 is 0.846 bits per heavy atom. The maximum absolute atomic E-state index is 12.7. The molecular formula is C19H19NO4S2. The summed E-state index contributed by atoms with van der Waals surface area (Å²) in [6, 6.07) is 19.0. The number of rotatable bonds is 5. The highest BCUT2D eigenvalue weighted by molar-refractivity contribution is 7.91. The highest BCUT2D eigenvalue weighted by Crippen LogP contribution is 2.30. The quantitative estimate of drug-likeness (QED) is 0.671. The largest absolute Gasteiger partial charge is 0.245 e. The average Bonchev–Trinajstić information content (AvgIpc) is 2.92. The number of aromatic nitrogens is 1. The van der Waals surface area contributed by atoms with Gasteiger partial charge in [0.15, 0.2) is 9.84 Å². The third kappa shape index (κ3) is 3.59. The molecule has 0 radical (unpaired) electrons. The second kappa shape index (κ2) is 6.74. The molecule has 0 bridgehead atoms. The smallest absolute Gasteiger partial charge is 0.236 e. The molecule has 1 heterocycles. The van der Waals surface area contributed by atoms with Crippen LogP contribution in [0.3, 0.4) is 0 Å². The van der Waals surface area contributed by atoms with Crippen molar-refractivity contribution in [2.75, 3.05) is 6.26 Å². The molecule has 2 aromatic carbocycles. The van der Waals surface area contributed by atoms with Crippen LogP contribution in [0.2, 0.25) is 0 Å². The minimum Gasteiger partial charge on any atom is -0.245 e. The SMILES string of the molecule is Cc1c(-c2ccccc2)cc(CS(=O)(=O)c2ccccc2)n1S(C)(=O)=O. The number of sulfone groups is 1. The molecule has 7 heteroatoms.